The second-order valence-electron chi connectivity index (χ2n) is 8.90. The number of aliphatic hydroxyl groups excluding tert-OH is 1. The molecule has 1 saturated heterocycles. The van der Waals surface area contributed by atoms with E-state index in [2.05, 4.69) is 51.2 Å². The first-order valence-electron chi connectivity index (χ1n) is 11.7. The normalized spacial score (nSPS) is 17.7. The largest absolute Gasteiger partial charge is 0.393 e. The van der Waals surface area contributed by atoms with E-state index in [0.717, 1.165) is 52.2 Å². The van der Waals surface area contributed by atoms with Crippen molar-refractivity contribution in [2.45, 2.75) is 51.3 Å². The lowest BCUT2D eigenvalue weighted by molar-refractivity contribution is 0.0552. The van der Waals surface area contributed by atoms with Gasteiger partial charge in [0.25, 0.3) is 0 Å². The van der Waals surface area contributed by atoms with Crippen molar-refractivity contribution in [2.24, 2.45) is 5.92 Å². The molecule has 2 heterocycles. The van der Waals surface area contributed by atoms with Crippen LogP contribution in [0.1, 0.15) is 37.3 Å². The summed E-state index contributed by atoms with van der Waals surface area (Å²) in [5.41, 5.74) is 2.66. The van der Waals surface area contributed by atoms with E-state index < -0.39 is 0 Å². The summed E-state index contributed by atoms with van der Waals surface area (Å²) in [5, 5.41) is 9.63. The quantitative estimate of drug-likeness (QED) is 0.563. The van der Waals surface area contributed by atoms with Gasteiger partial charge in [0.1, 0.15) is 0 Å². The topological polar surface area (TPSA) is 48.8 Å². The number of hydrogen-bond acceptors (Lipinski definition) is 5. The fourth-order valence-electron chi connectivity index (χ4n) is 4.68. The molecule has 0 amide bonds. The number of nitrogens with zero attached hydrogens (tertiary/aromatic N) is 3. The van der Waals surface area contributed by atoms with Crippen LogP contribution in [0.2, 0.25) is 0 Å². The molecular formula is C26H39N3O2. The summed E-state index contributed by atoms with van der Waals surface area (Å²) in [4.78, 5) is 9.47. The predicted molar refractivity (Wildman–Crippen MR) is 126 cm³/mol. The van der Waals surface area contributed by atoms with Gasteiger partial charge >= 0.3 is 0 Å². The molecule has 2 atom stereocenters. The lowest BCUT2D eigenvalue weighted by Crippen LogP contribution is -2.47. The van der Waals surface area contributed by atoms with Crippen molar-refractivity contribution in [2.75, 3.05) is 39.9 Å². The number of methoxy groups -OCH3 is 1. The van der Waals surface area contributed by atoms with Crippen LogP contribution >= 0.6 is 0 Å². The molecule has 31 heavy (non-hydrogen) atoms. The van der Waals surface area contributed by atoms with Crippen LogP contribution in [0, 0.1) is 5.92 Å². The minimum Gasteiger partial charge on any atom is -0.393 e. The second-order valence-corrected chi connectivity index (χ2v) is 8.90. The molecule has 5 heteroatoms. The molecule has 1 fully saturated rings. The third-order valence-electron chi connectivity index (χ3n) is 6.49. The molecule has 3 rings (SSSR count). The zero-order valence-corrected chi connectivity index (χ0v) is 19.2. The Labute approximate surface area is 188 Å². The summed E-state index contributed by atoms with van der Waals surface area (Å²) < 4.78 is 5.48. The molecule has 170 valence electrons. The van der Waals surface area contributed by atoms with E-state index in [-0.39, 0.29) is 6.10 Å². The van der Waals surface area contributed by atoms with Crippen LogP contribution in [-0.4, -0.2) is 71.9 Å². The predicted octanol–water partition coefficient (Wildman–Crippen LogP) is 3.62. The van der Waals surface area contributed by atoms with E-state index in [4.69, 9.17) is 4.74 Å². The number of rotatable bonds is 12. The Morgan fingerprint density at radius 2 is 1.87 bits per heavy atom. The summed E-state index contributed by atoms with van der Waals surface area (Å²) in [6, 6.07) is 15.6. The van der Waals surface area contributed by atoms with E-state index in [1.54, 1.807) is 7.11 Å². The zero-order chi connectivity index (χ0) is 21.9. The molecule has 2 aromatic rings. The molecular weight excluding hydrogens is 386 g/mol. The number of ether oxygens (including phenoxy) is 1. The first-order valence-corrected chi connectivity index (χ1v) is 11.7. The van der Waals surface area contributed by atoms with Gasteiger partial charge in [0, 0.05) is 45.2 Å². The Balaban J connectivity index is 1.73. The molecule has 1 aromatic heterocycles. The molecule has 0 unspecified atom stereocenters. The van der Waals surface area contributed by atoms with Crippen LogP contribution in [0.4, 0.5) is 0 Å². The van der Waals surface area contributed by atoms with Gasteiger partial charge in [-0.2, -0.15) is 0 Å². The maximum Gasteiger partial charge on any atom is 0.0589 e. The lowest BCUT2D eigenvalue weighted by Gasteiger charge is -2.41. The van der Waals surface area contributed by atoms with Crippen LogP contribution in [0.25, 0.3) is 0 Å². The minimum atomic E-state index is -0.215. The van der Waals surface area contributed by atoms with Gasteiger partial charge in [-0.1, -0.05) is 36.4 Å². The van der Waals surface area contributed by atoms with Gasteiger partial charge in [-0.3, -0.25) is 9.88 Å². The first-order chi connectivity index (χ1) is 15.2. The summed E-state index contributed by atoms with van der Waals surface area (Å²) in [5.74, 6) is 0.650. The maximum absolute atomic E-state index is 9.63. The number of hydrogen-bond donors (Lipinski definition) is 1. The Kier molecular flexibility index (Phi) is 9.94. The second kappa shape index (κ2) is 12.9. The monoisotopic (exact) mass is 425 g/mol. The van der Waals surface area contributed by atoms with Gasteiger partial charge in [0.15, 0.2) is 0 Å². The van der Waals surface area contributed by atoms with E-state index in [1.165, 1.54) is 24.0 Å². The highest BCUT2D eigenvalue weighted by Gasteiger charge is 2.31. The highest BCUT2D eigenvalue weighted by atomic mass is 16.5. The van der Waals surface area contributed by atoms with Crippen molar-refractivity contribution in [1.29, 1.82) is 0 Å². The third-order valence-corrected chi connectivity index (χ3v) is 6.49. The fourth-order valence-corrected chi connectivity index (χ4v) is 4.68. The van der Waals surface area contributed by atoms with Crippen LogP contribution < -0.4 is 0 Å². The SMILES string of the molecule is COCCN(Cc1cccnc1)[C@@H](Cc1ccccc1)C1CCN(CC[C@@H](C)O)CC1. The molecule has 0 saturated carbocycles. The Morgan fingerprint density at radius 3 is 2.52 bits per heavy atom. The Hall–Kier alpha value is -1.79. The van der Waals surface area contributed by atoms with Gasteiger partial charge in [-0.25, -0.2) is 0 Å². The van der Waals surface area contributed by atoms with Crippen molar-refractivity contribution in [3.05, 3.63) is 66.0 Å². The standard InChI is InChI=1S/C26H39N3O2/c1-22(30)10-14-28-15-11-25(12-16-28)26(19-23-7-4-3-5-8-23)29(17-18-31-2)21-24-9-6-13-27-20-24/h3-9,13,20,22,25-26,30H,10-12,14-19,21H2,1-2H3/t22-,26+/m1/s1. The smallest absolute Gasteiger partial charge is 0.0589 e. The fraction of sp³-hybridized carbons (Fsp3) is 0.577. The Bertz CT molecular complexity index is 718. The lowest BCUT2D eigenvalue weighted by atomic mass is 9.84. The van der Waals surface area contributed by atoms with Gasteiger partial charge in [0.05, 0.1) is 12.7 Å². The van der Waals surface area contributed by atoms with Gasteiger partial charge in [-0.05, 0) is 68.8 Å². The van der Waals surface area contributed by atoms with E-state index in [0.29, 0.717) is 12.0 Å². The summed E-state index contributed by atoms with van der Waals surface area (Å²) in [7, 11) is 1.79. The van der Waals surface area contributed by atoms with Crippen molar-refractivity contribution in [3.63, 3.8) is 0 Å². The molecule has 1 aromatic carbocycles. The van der Waals surface area contributed by atoms with Crippen molar-refractivity contribution >= 4 is 0 Å². The molecule has 1 aliphatic rings. The Morgan fingerprint density at radius 1 is 1.13 bits per heavy atom. The summed E-state index contributed by atoms with van der Waals surface area (Å²) in [6.07, 6.45) is 7.93. The van der Waals surface area contributed by atoms with Crippen molar-refractivity contribution in [1.82, 2.24) is 14.8 Å². The van der Waals surface area contributed by atoms with Crippen LogP contribution in [0.15, 0.2) is 54.9 Å². The minimum absolute atomic E-state index is 0.215. The highest BCUT2D eigenvalue weighted by molar-refractivity contribution is 5.17. The molecule has 0 bridgehead atoms. The molecule has 0 spiro atoms. The number of aliphatic hydroxyl groups is 1. The average Bonchev–Trinajstić information content (AvgIpc) is 2.81. The first kappa shape index (κ1) is 23.9. The highest BCUT2D eigenvalue weighted by Crippen LogP contribution is 2.28. The van der Waals surface area contributed by atoms with E-state index in [9.17, 15) is 5.11 Å². The number of likely N-dealkylation sites (tertiary alicyclic amines) is 1. The number of aromatic nitrogens is 1. The zero-order valence-electron chi connectivity index (χ0n) is 19.2. The molecule has 0 radical (unpaired) electrons. The summed E-state index contributed by atoms with van der Waals surface area (Å²) >= 11 is 0. The van der Waals surface area contributed by atoms with Crippen molar-refractivity contribution in [3.8, 4) is 0 Å². The number of piperidine rings is 1. The van der Waals surface area contributed by atoms with Gasteiger partial charge < -0.3 is 14.7 Å². The summed E-state index contributed by atoms with van der Waals surface area (Å²) in [6.45, 7) is 7.67. The average molecular weight is 426 g/mol. The number of pyridine rings is 1. The van der Waals surface area contributed by atoms with Gasteiger partial charge in [-0.15, -0.1) is 0 Å². The molecule has 5 nitrogen and oxygen atoms in total. The van der Waals surface area contributed by atoms with E-state index >= 15 is 0 Å². The molecule has 1 aliphatic heterocycles. The molecule has 0 aliphatic carbocycles. The number of benzene rings is 1. The van der Waals surface area contributed by atoms with Gasteiger partial charge in [0.2, 0.25) is 0 Å². The van der Waals surface area contributed by atoms with Crippen LogP contribution in [-0.2, 0) is 17.7 Å². The third kappa shape index (κ3) is 8.00. The maximum atomic E-state index is 9.63. The van der Waals surface area contributed by atoms with Crippen LogP contribution in [0.3, 0.4) is 0 Å². The van der Waals surface area contributed by atoms with Crippen LogP contribution in [0.5, 0.6) is 0 Å². The molecule has 1 N–H and O–H groups in total. The van der Waals surface area contributed by atoms with Crippen molar-refractivity contribution < 1.29 is 9.84 Å². The van der Waals surface area contributed by atoms with E-state index in [1.807, 2.05) is 25.4 Å².